The zero-order chi connectivity index (χ0) is 13.4. The van der Waals surface area contributed by atoms with Crippen LogP contribution in [0.4, 0.5) is 5.69 Å². The van der Waals surface area contributed by atoms with E-state index in [1.165, 1.54) is 0 Å². The molecule has 0 saturated heterocycles. The van der Waals surface area contributed by atoms with Gasteiger partial charge in [-0.25, -0.2) is 0 Å². The van der Waals surface area contributed by atoms with Gasteiger partial charge in [0.25, 0.3) is 20.2 Å². The third-order valence-corrected chi connectivity index (χ3v) is 3.64. The molecule has 10 heteroatoms. The van der Waals surface area contributed by atoms with Gasteiger partial charge < -0.3 is 10.5 Å². The molecule has 0 aliphatic heterocycles. The first-order valence-corrected chi connectivity index (χ1v) is 6.88. The zero-order valence-corrected chi connectivity index (χ0v) is 10.1. The van der Waals surface area contributed by atoms with Crippen LogP contribution in [0.15, 0.2) is 21.9 Å². The molecule has 0 unspecified atom stereocenters. The highest BCUT2D eigenvalue weighted by molar-refractivity contribution is 7.86. The molecule has 0 radical (unpaired) electrons. The lowest BCUT2D eigenvalue weighted by molar-refractivity contribution is 0.397. The van der Waals surface area contributed by atoms with Crippen molar-refractivity contribution in [3.05, 3.63) is 12.1 Å². The van der Waals surface area contributed by atoms with E-state index in [1.54, 1.807) is 0 Å². The number of methoxy groups -OCH3 is 1. The van der Waals surface area contributed by atoms with Crippen LogP contribution in [0.2, 0.25) is 0 Å². The largest absolute Gasteiger partial charge is 0.495 e. The monoisotopic (exact) mass is 283 g/mol. The average molecular weight is 283 g/mol. The minimum Gasteiger partial charge on any atom is -0.495 e. The van der Waals surface area contributed by atoms with E-state index in [4.69, 9.17) is 14.8 Å². The second-order valence-corrected chi connectivity index (χ2v) is 5.77. The topological polar surface area (TPSA) is 144 Å². The smallest absolute Gasteiger partial charge is 0.298 e. The summed E-state index contributed by atoms with van der Waals surface area (Å²) in [6, 6.07) is 1.38. The lowest BCUT2D eigenvalue weighted by atomic mass is 10.3. The zero-order valence-electron chi connectivity index (χ0n) is 8.48. The summed E-state index contributed by atoms with van der Waals surface area (Å²) < 4.78 is 66.0. The van der Waals surface area contributed by atoms with Crippen LogP contribution in [0.5, 0.6) is 5.75 Å². The standard InChI is InChI=1S/C7H9NO7S2/c1-15-5-2-4(8)6(16(9,10)11)3-7(5)17(12,13)14/h2-3H,8H2,1H3,(H,9,10,11)(H,12,13,14). The van der Waals surface area contributed by atoms with Crippen LogP contribution in [0, 0.1) is 0 Å². The minimum atomic E-state index is -4.70. The first-order chi connectivity index (χ1) is 7.57. The maximum atomic E-state index is 11.0. The molecule has 0 heterocycles. The number of hydrogen-bond acceptors (Lipinski definition) is 6. The maximum Gasteiger partial charge on any atom is 0.298 e. The van der Waals surface area contributed by atoms with Crippen molar-refractivity contribution in [2.45, 2.75) is 9.79 Å². The van der Waals surface area contributed by atoms with Crippen molar-refractivity contribution >= 4 is 25.9 Å². The Bertz CT molecular complexity index is 647. The molecule has 0 saturated carbocycles. The first-order valence-electron chi connectivity index (χ1n) is 4.00. The number of rotatable bonds is 3. The molecule has 0 amide bonds. The van der Waals surface area contributed by atoms with Crippen molar-refractivity contribution < 1.29 is 30.7 Å². The van der Waals surface area contributed by atoms with E-state index in [-0.39, 0.29) is 5.75 Å². The molecule has 96 valence electrons. The number of hydrogen-bond donors (Lipinski definition) is 3. The Morgan fingerprint density at radius 3 is 1.88 bits per heavy atom. The summed E-state index contributed by atoms with van der Waals surface area (Å²) in [7, 11) is -8.29. The van der Waals surface area contributed by atoms with Crippen molar-refractivity contribution in [1.29, 1.82) is 0 Å². The molecule has 0 fully saturated rings. The highest BCUT2D eigenvalue weighted by Gasteiger charge is 2.23. The van der Waals surface area contributed by atoms with Crippen molar-refractivity contribution in [2.75, 3.05) is 12.8 Å². The summed E-state index contributed by atoms with van der Waals surface area (Å²) in [5, 5.41) is 0. The van der Waals surface area contributed by atoms with Gasteiger partial charge in [0.1, 0.15) is 15.5 Å². The molecule has 8 nitrogen and oxygen atoms in total. The average Bonchev–Trinajstić information content (AvgIpc) is 2.13. The van der Waals surface area contributed by atoms with Gasteiger partial charge in [0.15, 0.2) is 0 Å². The Balaban J connectivity index is 3.73. The Morgan fingerprint density at radius 2 is 1.53 bits per heavy atom. The molecule has 1 aromatic rings. The number of nitrogens with two attached hydrogens (primary N) is 1. The molecule has 0 aromatic heterocycles. The van der Waals surface area contributed by atoms with E-state index in [1.807, 2.05) is 0 Å². The van der Waals surface area contributed by atoms with Crippen LogP contribution in [0.1, 0.15) is 0 Å². The fourth-order valence-electron chi connectivity index (χ4n) is 1.14. The fraction of sp³-hybridized carbons (Fsp3) is 0.143. The van der Waals surface area contributed by atoms with Crippen LogP contribution < -0.4 is 10.5 Å². The van der Waals surface area contributed by atoms with Crippen molar-refractivity contribution in [2.24, 2.45) is 0 Å². The van der Waals surface area contributed by atoms with Crippen LogP contribution in [-0.2, 0) is 20.2 Å². The maximum absolute atomic E-state index is 11.0. The summed E-state index contributed by atoms with van der Waals surface area (Å²) in [5.41, 5.74) is 4.89. The Kier molecular flexibility index (Phi) is 3.34. The molecule has 0 atom stereocenters. The Labute approximate surface area is 97.5 Å². The normalized spacial score (nSPS) is 12.4. The first kappa shape index (κ1) is 13.7. The molecule has 1 aromatic carbocycles. The molecule has 17 heavy (non-hydrogen) atoms. The van der Waals surface area contributed by atoms with E-state index in [9.17, 15) is 16.8 Å². The fourth-order valence-corrected chi connectivity index (χ4v) is 2.50. The summed E-state index contributed by atoms with van der Waals surface area (Å²) in [4.78, 5) is -1.63. The van der Waals surface area contributed by atoms with Gasteiger partial charge in [-0.15, -0.1) is 0 Å². The third kappa shape index (κ3) is 2.85. The molecule has 0 bridgehead atoms. The quantitative estimate of drug-likeness (QED) is 0.509. The summed E-state index contributed by atoms with van der Waals surface area (Å²) in [5.74, 6) is -0.336. The van der Waals surface area contributed by atoms with Crippen LogP contribution in [0.3, 0.4) is 0 Å². The van der Waals surface area contributed by atoms with Crippen LogP contribution in [-0.4, -0.2) is 33.1 Å². The number of anilines is 1. The second kappa shape index (κ2) is 4.14. The predicted molar refractivity (Wildman–Crippen MR) is 57.0 cm³/mol. The SMILES string of the molecule is COc1cc(N)c(S(=O)(=O)O)cc1S(=O)(=O)O. The summed E-state index contributed by atoms with van der Waals surface area (Å²) >= 11 is 0. The number of ether oxygens (including phenoxy) is 1. The van der Waals surface area contributed by atoms with Gasteiger partial charge in [0.2, 0.25) is 0 Å². The van der Waals surface area contributed by atoms with E-state index in [2.05, 4.69) is 4.74 Å². The van der Waals surface area contributed by atoms with E-state index in [0.717, 1.165) is 13.2 Å². The highest BCUT2D eigenvalue weighted by Crippen LogP contribution is 2.31. The summed E-state index contributed by atoms with van der Waals surface area (Å²) in [6.07, 6.45) is 0. The summed E-state index contributed by atoms with van der Waals surface area (Å²) in [6.45, 7) is 0. The van der Waals surface area contributed by atoms with Gasteiger partial charge in [-0.1, -0.05) is 0 Å². The van der Waals surface area contributed by atoms with E-state index < -0.39 is 35.7 Å². The molecule has 4 N–H and O–H groups in total. The van der Waals surface area contributed by atoms with Gasteiger partial charge in [0.05, 0.1) is 12.8 Å². The van der Waals surface area contributed by atoms with E-state index >= 15 is 0 Å². The number of nitrogen functional groups attached to an aromatic ring is 1. The van der Waals surface area contributed by atoms with Crippen molar-refractivity contribution in [3.63, 3.8) is 0 Å². The van der Waals surface area contributed by atoms with Crippen LogP contribution >= 0.6 is 0 Å². The molecular formula is C7H9NO7S2. The molecular weight excluding hydrogens is 274 g/mol. The number of benzene rings is 1. The molecule has 0 spiro atoms. The third-order valence-electron chi connectivity index (χ3n) is 1.85. The van der Waals surface area contributed by atoms with Crippen molar-refractivity contribution in [1.82, 2.24) is 0 Å². The minimum absolute atomic E-state index is 0.336. The van der Waals surface area contributed by atoms with Gasteiger partial charge >= 0.3 is 0 Å². The molecule has 0 aliphatic carbocycles. The highest BCUT2D eigenvalue weighted by atomic mass is 32.2. The predicted octanol–water partition coefficient (Wildman–Crippen LogP) is -0.229. The van der Waals surface area contributed by atoms with Crippen molar-refractivity contribution in [3.8, 4) is 5.75 Å². The van der Waals surface area contributed by atoms with Crippen LogP contribution in [0.25, 0.3) is 0 Å². The Morgan fingerprint density at radius 1 is 1.06 bits per heavy atom. The van der Waals surface area contributed by atoms with Gasteiger partial charge in [-0.2, -0.15) is 16.8 Å². The lowest BCUT2D eigenvalue weighted by Gasteiger charge is -2.09. The molecule has 0 aliphatic rings. The molecule has 1 rings (SSSR count). The van der Waals surface area contributed by atoms with Gasteiger partial charge in [0, 0.05) is 6.07 Å². The Hall–Kier alpha value is -1.36. The van der Waals surface area contributed by atoms with Gasteiger partial charge in [-0.3, -0.25) is 9.11 Å². The lowest BCUT2D eigenvalue weighted by Crippen LogP contribution is -2.08. The van der Waals surface area contributed by atoms with Gasteiger partial charge in [-0.05, 0) is 6.07 Å². The second-order valence-electron chi connectivity index (χ2n) is 2.99. The van der Waals surface area contributed by atoms with E-state index in [0.29, 0.717) is 6.07 Å².